The average molecular weight is 387 g/mol. The van der Waals surface area contributed by atoms with Gasteiger partial charge in [0.2, 0.25) is 5.91 Å². The first kappa shape index (κ1) is 19.1. The van der Waals surface area contributed by atoms with Crippen molar-refractivity contribution >= 4 is 5.91 Å². The molecule has 0 bridgehead atoms. The maximum absolute atomic E-state index is 13.1. The number of carbonyl (C=O) groups excluding carboxylic acids is 1. The number of hydrogen-bond donors (Lipinski definition) is 0. The zero-order chi connectivity index (χ0) is 19.3. The van der Waals surface area contributed by atoms with Crippen LogP contribution < -0.4 is 0 Å². The summed E-state index contributed by atoms with van der Waals surface area (Å²) < 4.78 is 9.81. The van der Waals surface area contributed by atoms with Crippen molar-refractivity contribution in [2.24, 2.45) is 7.05 Å². The maximum atomic E-state index is 13.1. The van der Waals surface area contributed by atoms with E-state index >= 15 is 0 Å². The molecule has 0 spiro atoms. The molecule has 0 aromatic carbocycles. The van der Waals surface area contributed by atoms with Gasteiger partial charge in [0.05, 0.1) is 24.9 Å². The van der Waals surface area contributed by atoms with Crippen LogP contribution in [0.1, 0.15) is 37.3 Å². The second kappa shape index (κ2) is 8.87. The van der Waals surface area contributed by atoms with Gasteiger partial charge in [0.1, 0.15) is 0 Å². The highest BCUT2D eigenvalue weighted by Gasteiger charge is 2.38. The zero-order valence-electron chi connectivity index (χ0n) is 16.6. The standard InChI is InChI=1S/C20H30N6O2/c1-23-15-17(14-22-23)20-18(16-24-8-3-2-4-9-24)28-13-12-26(20)19(27)6-11-25-10-5-7-21-25/h5,7,10,14-15,18,20H,2-4,6,8-9,11-13,16H2,1H3/t18-,20-/m0/s1. The number of ether oxygens (including phenoxy) is 1. The monoisotopic (exact) mass is 386 g/mol. The Labute approximate surface area is 166 Å². The van der Waals surface area contributed by atoms with Crippen LogP contribution in [0, 0.1) is 0 Å². The van der Waals surface area contributed by atoms with Crippen LogP contribution in [-0.4, -0.2) is 74.2 Å². The van der Waals surface area contributed by atoms with Crippen molar-refractivity contribution in [2.75, 3.05) is 32.8 Å². The van der Waals surface area contributed by atoms with Crippen LogP contribution in [0.5, 0.6) is 0 Å². The van der Waals surface area contributed by atoms with Gasteiger partial charge in [-0.25, -0.2) is 0 Å². The molecule has 2 fully saturated rings. The first-order chi connectivity index (χ1) is 13.7. The SMILES string of the molecule is Cn1cc([C@H]2[C@H](CN3CCCCC3)OCCN2C(=O)CCn2cccn2)cn1. The predicted octanol–water partition coefficient (Wildman–Crippen LogP) is 1.46. The predicted molar refractivity (Wildman–Crippen MR) is 105 cm³/mol. The summed E-state index contributed by atoms with van der Waals surface area (Å²) >= 11 is 0. The lowest BCUT2D eigenvalue weighted by molar-refractivity contribution is -0.149. The lowest BCUT2D eigenvalue weighted by atomic mass is 9.99. The molecule has 152 valence electrons. The van der Waals surface area contributed by atoms with E-state index in [0.717, 1.165) is 25.2 Å². The van der Waals surface area contributed by atoms with Crippen molar-refractivity contribution < 1.29 is 9.53 Å². The number of amides is 1. The van der Waals surface area contributed by atoms with Crippen molar-refractivity contribution in [3.63, 3.8) is 0 Å². The normalized spacial score (nSPS) is 23.8. The maximum Gasteiger partial charge on any atom is 0.225 e. The Kier molecular flexibility index (Phi) is 6.07. The van der Waals surface area contributed by atoms with E-state index in [-0.39, 0.29) is 18.1 Å². The molecule has 0 aliphatic carbocycles. The van der Waals surface area contributed by atoms with Gasteiger partial charge in [-0.05, 0) is 32.0 Å². The summed E-state index contributed by atoms with van der Waals surface area (Å²) in [5.41, 5.74) is 1.05. The molecule has 2 aliphatic rings. The summed E-state index contributed by atoms with van der Waals surface area (Å²) in [6.07, 6.45) is 11.7. The number of aromatic nitrogens is 4. The highest BCUT2D eigenvalue weighted by Crippen LogP contribution is 2.31. The molecular formula is C20H30N6O2. The lowest BCUT2D eigenvalue weighted by Gasteiger charge is -2.43. The van der Waals surface area contributed by atoms with Gasteiger partial charge in [-0.1, -0.05) is 6.42 Å². The Hall–Kier alpha value is -2.19. The van der Waals surface area contributed by atoms with Crippen molar-refractivity contribution in [1.29, 1.82) is 0 Å². The summed E-state index contributed by atoms with van der Waals surface area (Å²) in [5, 5.41) is 8.56. The molecule has 2 aromatic rings. The van der Waals surface area contributed by atoms with Crippen LogP contribution in [-0.2, 0) is 23.1 Å². The molecule has 0 N–H and O–H groups in total. The van der Waals surface area contributed by atoms with Gasteiger partial charge >= 0.3 is 0 Å². The molecule has 0 saturated carbocycles. The topological polar surface area (TPSA) is 68.4 Å². The van der Waals surface area contributed by atoms with Crippen LogP contribution in [0.25, 0.3) is 0 Å². The van der Waals surface area contributed by atoms with Crippen LogP contribution in [0.2, 0.25) is 0 Å². The molecule has 2 aromatic heterocycles. The smallest absolute Gasteiger partial charge is 0.225 e. The minimum absolute atomic E-state index is 0.0234. The number of rotatable bonds is 6. The number of nitrogens with zero attached hydrogens (tertiary/aromatic N) is 6. The Morgan fingerprint density at radius 1 is 1.21 bits per heavy atom. The average Bonchev–Trinajstić information content (AvgIpc) is 3.38. The van der Waals surface area contributed by atoms with Gasteiger partial charge < -0.3 is 14.5 Å². The summed E-state index contributed by atoms with van der Waals surface area (Å²) in [5.74, 6) is 0.149. The number of morpholine rings is 1. The quantitative estimate of drug-likeness (QED) is 0.752. The van der Waals surface area contributed by atoms with Crippen molar-refractivity contribution in [3.05, 3.63) is 36.4 Å². The Bertz CT molecular complexity index is 753. The molecule has 8 nitrogen and oxygen atoms in total. The molecule has 28 heavy (non-hydrogen) atoms. The number of aryl methyl sites for hydroxylation is 2. The van der Waals surface area contributed by atoms with Crippen LogP contribution in [0.15, 0.2) is 30.9 Å². The number of piperidine rings is 1. The molecule has 2 aliphatic heterocycles. The summed E-state index contributed by atoms with van der Waals surface area (Å²) in [4.78, 5) is 17.6. The summed E-state index contributed by atoms with van der Waals surface area (Å²) in [6, 6.07) is 1.79. The highest BCUT2D eigenvalue weighted by molar-refractivity contribution is 5.76. The van der Waals surface area contributed by atoms with Gasteiger partial charge in [-0.2, -0.15) is 10.2 Å². The highest BCUT2D eigenvalue weighted by atomic mass is 16.5. The van der Waals surface area contributed by atoms with E-state index in [2.05, 4.69) is 15.1 Å². The van der Waals surface area contributed by atoms with Gasteiger partial charge in [0, 0.05) is 57.3 Å². The lowest BCUT2D eigenvalue weighted by Crippen LogP contribution is -2.52. The fourth-order valence-corrected chi connectivity index (χ4v) is 4.34. The third kappa shape index (κ3) is 4.44. The van der Waals surface area contributed by atoms with Gasteiger partial charge in [-0.3, -0.25) is 14.2 Å². The number of hydrogen-bond acceptors (Lipinski definition) is 5. The van der Waals surface area contributed by atoms with Crippen molar-refractivity contribution in [1.82, 2.24) is 29.4 Å². The molecule has 8 heteroatoms. The van der Waals surface area contributed by atoms with Crippen LogP contribution >= 0.6 is 0 Å². The molecule has 2 saturated heterocycles. The van der Waals surface area contributed by atoms with Gasteiger partial charge in [-0.15, -0.1) is 0 Å². The van der Waals surface area contributed by atoms with Gasteiger partial charge in [0.15, 0.2) is 0 Å². The third-order valence-electron chi connectivity index (χ3n) is 5.74. The minimum atomic E-state index is -0.0884. The van der Waals surface area contributed by atoms with Crippen LogP contribution in [0.3, 0.4) is 0 Å². The van der Waals surface area contributed by atoms with E-state index in [4.69, 9.17) is 4.74 Å². The first-order valence-electron chi connectivity index (χ1n) is 10.3. The molecule has 2 atom stereocenters. The molecule has 0 unspecified atom stereocenters. The third-order valence-corrected chi connectivity index (χ3v) is 5.74. The number of carbonyl (C=O) groups is 1. The second-order valence-electron chi connectivity index (χ2n) is 7.77. The van der Waals surface area contributed by atoms with E-state index in [0.29, 0.717) is 26.1 Å². The zero-order valence-corrected chi connectivity index (χ0v) is 16.6. The minimum Gasteiger partial charge on any atom is -0.373 e. The molecule has 0 radical (unpaired) electrons. The van der Waals surface area contributed by atoms with Crippen molar-refractivity contribution in [3.8, 4) is 0 Å². The van der Waals surface area contributed by atoms with E-state index in [1.165, 1.54) is 19.3 Å². The molecular weight excluding hydrogens is 356 g/mol. The van der Waals surface area contributed by atoms with Gasteiger partial charge in [0.25, 0.3) is 0 Å². The first-order valence-corrected chi connectivity index (χ1v) is 10.3. The summed E-state index contributed by atoms with van der Waals surface area (Å²) in [6.45, 7) is 4.90. The second-order valence-corrected chi connectivity index (χ2v) is 7.77. The fourth-order valence-electron chi connectivity index (χ4n) is 4.34. The van der Waals surface area contributed by atoms with E-state index in [1.54, 1.807) is 10.9 Å². The number of likely N-dealkylation sites (tertiary alicyclic amines) is 1. The Morgan fingerprint density at radius 3 is 2.79 bits per heavy atom. The largest absolute Gasteiger partial charge is 0.373 e. The van der Waals surface area contributed by atoms with E-state index < -0.39 is 0 Å². The van der Waals surface area contributed by atoms with E-state index in [9.17, 15) is 4.79 Å². The molecule has 1 amide bonds. The van der Waals surface area contributed by atoms with Crippen LogP contribution in [0.4, 0.5) is 0 Å². The summed E-state index contributed by atoms with van der Waals surface area (Å²) in [7, 11) is 1.91. The van der Waals surface area contributed by atoms with Crippen molar-refractivity contribution in [2.45, 2.75) is 44.4 Å². The van der Waals surface area contributed by atoms with E-state index in [1.807, 2.05) is 41.3 Å². The Balaban J connectivity index is 1.50. The molecule has 4 heterocycles. The molecule has 4 rings (SSSR count). The Morgan fingerprint density at radius 2 is 2.07 bits per heavy atom. The fraction of sp³-hybridized carbons (Fsp3) is 0.650.